The molecule has 0 aliphatic heterocycles. The normalized spacial score (nSPS) is 13.2. The van der Waals surface area contributed by atoms with Crippen LogP contribution in [0.2, 0.25) is 0 Å². The van der Waals surface area contributed by atoms with Gasteiger partial charge in [-0.15, -0.1) is 0 Å². The van der Waals surface area contributed by atoms with Crippen molar-refractivity contribution in [2.45, 2.75) is 25.7 Å². The number of rotatable bonds is 2. The SMILES string of the molecule is CC(C)(C)/C=C/c1ccc(S(C)(=O)=O)cc1. The first-order valence-electron chi connectivity index (χ1n) is 5.18. The van der Waals surface area contributed by atoms with Gasteiger partial charge in [0.25, 0.3) is 0 Å². The van der Waals surface area contributed by atoms with E-state index in [1.807, 2.05) is 18.2 Å². The summed E-state index contributed by atoms with van der Waals surface area (Å²) in [4.78, 5) is 0.361. The minimum atomic E-state index is -3.09. The Balaban J connectivity index is 2.93. The van der Waals surface area contributed by atoms with Gasteiger partial charge in [-0.3, -0.25) is 0 Å². The van der Waals surface area contributed by atoms with Gasteiger partial charge < -0.3 is 0 Å². The van der Waals surface area contributed by atoms with Crippen LogP contribution < -0.4 is 0 Å². The first kappa shape index (κ1) is 13.0. The molecule has 0 bridgehead atoms. The van der Waals surface area contributed by atoms with E-state index >= 15 is 0 Å². The van der Waals surface area contributed by atoms with E-state index in [-0.39, 0.29) is 5.41 Å². The zero-order valence-electron chi connectivity index (χ0n) is 10.2. The lowest BCUT2D eigenvalue weighted by Gasteiger charge is -2.10. The lowest BCUT2D eigenvalue weighted by atomic mass is 9.95. The highest BCUT2D eigenvalue weighted by molar-refractivity contribution is 7.90. The van der Waals surface area contributed by atoms with Crippen LogP contribution in [0.25, 0.3) is 6.08 Å². The van der Waals surface area contributed by atoms with Gasteiger partial charge in [-0.1, -0.05) is 45.1 Å². The molecular weight excluding hydrogens is 220 g/mol. The van der Waals surface area contributed by atoms with E-state index in [0.29, 0.717) is 4.90 Å². The third-order valence-electron chi connectivity index (χ3n) is 2.08. The number of hydrogen-bond donors (Lipinski definition) is 0. The summed E-state index contributed by atoms with van der Waals surface area (Å²) >= 11 is 0. The number of allylic oxidation sites excluding steroid dienone is 1. The Hall–Kier alpha value is -1.09. The van der Waals surface area contributed by atoms with Crippen LogP contribution in [0.4, 0.5) is 0 Å². The van der Waals surface area contributed by atoms with Gasteiger partial charge in [0.05, 0.1) is 4.90 Å². The second kappa shape index (κ2) is 4.42. The molecule has 0 radical (unpaired) electrons. The fraction of sp³-hybridized carbons (Fsp3) is 0.385. The lowest BCUT2D eigenvalue weighted by molar-refractivity contribution is 0.547. The summed E-state index contributed by atoms with van der Waals surface area (Å²) in [5.41, 5.74) is 1.15. The average molecular weight is 238 g/mol. The highest BCUT2D eigenvalue weighted by Crippen LogP contribution is 2.18. The van der Waals surface area contributed by atoms with Gasteiger partial charge in [0.2, 0.25) is 0 Å². The Morgan fingerprint density at radius 2 is 1.56 bits per heavy atom. The van der Waals surface area contributed by atoms with Crippen LogP contribution in [0.5, 0.6) is 0 Å². The summed E-state index contributed by atoms with van der Waals surface area (Å²) in [5.74, 6) is 0. The molecule has 0 saturated carbocycles. The fourth-order valence-electron chi connectivity index (χ4n) is 1.17. The molecule has 0 aromatic heterocycles. The van der Waals surface area contributed by atoms with E-state index in [2.05, 4.69) is 26.8 Å². The molecule has 0 aliphatic carbocycles. The van der Waals surface area contributed by atoms with Crippen LogP contribution in [-0.4, -0.2) is 14.7 Å². The van der Waals surface area contributed by atoms with E-state index in [1.54, 1.807) is 12.1 Å². The Morgan fingerprint density at radius 1 is 1.06 bits per heavy atom. The van der Waals surface area contributed by atoms with Crippen LogP contribution >= 0.6 is 0 Å². The fourth-order valence-corrected chi connectivity index (χ4v) is 1.80. The largest absolute Gasteiger partial charge is 0.224 e. The van der Waals surface area contributed by atoms with Crippen molar-refractivity contribution in [2.75, 3.05) is 6.26 Å². The van der Waals surface area contributed by atoms with Crippen LogP contribution in [-0.2, 0) is 9.84 Å². The van der Waals surface area contributed by atoms with E-state index < -0.39 is 9.84 Å². The minimum absolute atomic E-state index is 0.134. The molecule has 0 amide bonds. The predicted octanol–water partition coefficient (Wildman–Crippen LogP) is 3.15. The van der Waals surface area contributed by atoms with Crippen LogP contribution in [0.15, 0.2) is 35.2 Å². The van der Waals surface area contributed by atoms with Crippen LogP contribution in [0.1, 0.15) is 26.3 Å². The van der Waals surface area contributed by atoms with Gasteiger partial charge in [-0.25, -0.2) is 8.42 Å². The van der Waals surface area contributed by atoms with Crippen molar-refractivity contribution >= 4 is 15.9 Å². The predicted molar refractivity (Wildman–Crippen MR) is 68.0 cm³/mol. The second-order valence-corrected chi connectivity index (χ2v) is 7.06. The molecule has 3 heteroatoms. The molecule has 1 rings (SSSR count). The first-order valence-corrected chi connectivity index (χ1v) is 7.07. The lowest BCUT2D eigenvalue weighted by Crippen LogP contribution is -1.98. The van der Waals surface area contributed by atoms with E-state index in [1.165, 1.54) is 6.26 Å². The Kier molecular flexibility index (Phi) is 3.58. The van der Waals surface area contributed by atoms with Gasteiger partial charge in [-0.05, 0) is 23.1 Å². The molecule has 88 valence electrons. The molecule has 1 aromatic carbocycles. The minimum Gasteiger partial charge on any atom is -0.224 e. The van der Waals surface area contributed by atoms with Crippen molar-refractivity contribution in [3.8, 4) is 0 Å². The maximum atomic E-state index is 11.2. The van der Waals surface area contributed by atoms with Gasteiger partial charge in [0.15, 0.2) is 9.84 Å². The Bertz CT molecular complexity index is 474. The van der Waals surface area contributed by atoms with Crippen molar-refractivity contribution in [1.29, 1.82) is 0 Å². The zero-order chi connectivity index (χ0) is 12.4. The molecular formula is C13H18O2S. The summed E-state index contributed by atoms with van der Waals surface area (Å²) < 4.78 is 22.5. The van der Waals surface area contributed by atoms with Gasteiger partial charge in [-0.2, -0.15) is 0 Å². The van der Waals surface area contributed by atoms with Crippen molar-refractivity contribution in [1.82, 2.24) is 0 Å². The summed E-state index contributed by atoms with van der Waals surface area (Å²) in [7, 11) is -3.09. The van der Waals surface area contributed by atoms with Crippen molar-refractivity contribution in [2.24, 2.45) is 5.41 Å². The maximum Gasteiger partial charge on any atom is 0.175 e. The highest BCUT2D eigenvalue weighted by atomic mass is 32.2. The number of benzene rings is 1. The van der Waals surface area contributed by atoms with E-state index in [4.69, 9.17) is 0 Å². The first-order chi connectivity index (χ1) is 7.18. The molecule has 0 spiro atoms. The van der Waals surface area contributed by atoms with E-state index in [9.17, 15) is 8.42 Å². The molecule has 0 N–H and O–H groups in total. The molecule has 1 aromatic rings. The Morgan fingerprint density at radius 3 is 1.94 bits per heavy atom. The van der Waals surface area contributed by atoms with Crippen molar-refractivity contribution < 1.29 is 8.42 Å². The quantitative estimate of drug-likeness (QED) is 0.793. The van der Waals surface area contributed by atoms with Crippen molar-refractivity contribution in [3.63, 3.8) is 0 Å². The van der Waals surface area contributed by atoms with Gasteiger partial charge >= 0.3 is 0 Å². The van der Waals surface area contributed by atoms with Crippen molar-refractivity contribution in [3.05, 3.63) is 35.9 Å². The third kappa shape index (κ3) is 4.19. The smallest absolute Gasteiger partial charge is 0.175 e. The molecule has 0 aliphatic rings. The summed E-state index contributed by atoms with van der Waals surface area (Å²) in [6, 6.07) is 6.91. The molecule has 0 atom stereocenters. The van der Waals surface area contributed by atoms with Gasteiger partial charge in [0.1, 0.15) is 0 Å². The number of sulfone groups is 1. The second-order valence-electron chi connectivity index (χ2n) is 5.04. The molecule has 2 nitrogen and oxygen atoms in total. The van der Waals surface area contributed by atoms with E-state index in [0.717, 1.165) is 5.56 Å². The summed E-state index contributed by atoms with van der Waals surface area (Å²) in [5, 5.41) is 0. The summed E-state index contributed by atoms with van der Waals surface area (Å²) in [6.07, 6.45) is 5.32. The molecule has 0 saturated heterocycles. The third-order valence-corrected chi connectivity index (χ3v) is 3.21. The monoisotopic (exact) mass is 238 g/mol. The molecule has 0 unspecified atom stereocenters. The van der Waals surface area contributed by atoms with Gasteiger partial charge in [0, 0.05) is 6.26 Å². The Labute approximate surface area is 97.9 Å². The van der Waals surface area contributed by atoms with Crippen LogP contribution in [0.3, 0.4) is 0 Å². The molecule has 16 heavy (non-hydrogen) atoms. The topological polar surface area (TPSA) is 34.1 Å². The van der Waals surface area contributed by atoms with Crippen LogP contribution in [0, 0.1) is 5.41 Å². The summed E-state index contributed by atoms with van der Waals surface area (Å²) in [6.45, 7) is 6.36. The standard InChI is InChI=1S/C13H18O2S/c1-13(2,3)10-9-11-5-7-12(8-6-11)16(4,14)15/h5-10H,1-4H3/b10-9+. The average Bonchev–Trinajstić information content (AvgIpc) is 2.13. The molecule has 0 heterocycles. The molecule has 0 fully saturated rings. The zero-order valence-corrected chi connectivity index (χ0v) is 11.0. The highest BCUT2D eigenvalue weighted by Gasteiger charge is 2.06. The number of hydrogen-bond acceptors (Lipinski definition) is 2. The maximum absolute atomic E-state index is 11.2.